The van der Waals surface area contributed by atoms with Crippen LogP contribution in [0.3, 0.4) is 0 Å². The highest BCUT2D eigenvalue weighted by Crippen LogP contribution is 2.28. The molecule has 2 heterocycles. The van der Waals surface area contributed by atoms with E-state index >= 15 is 0 Å². The molecule has 114 valence electrons. The van der Waals surface area contributed by atoms with Crippen LogP contribution in [0.4, 0.5) is 5.82 Å². The average Bonchev–Trinajstić information content (AvgIpc) is 2.96. The van der Waals surface area contributed by atoms with Gasteiger partial charge in [-0.05, 0) is 50.4 Å². The number of pyridine rings is 1. The van der Waals surface area contributed by atoms with Gasteiger partial charge in [0.2, 0.25) is 0 Å². The van der Waals surface area contributed by atoms with Crippen molar-refractivity contribution >= 4 is 11.5 Å². The first-order valence-electron chi connectivity index (χ1n) is 8.06. The molecule has 0 spiro atoms. The standard InChI is InChI=1S/C16H25N5/c1-13-10-15-18-12-19-21(15)16(11-13)20(9-5-8-17)14-6-3-2-4-7-14/h10-12,14H,2-9,17H2,1H3. The summed E-state index contributed by atoms with van der Waals surface area (Å²) in [6, 6.07) is 4.92. The summed E-state index contributed by atoms with van der Waals surface area (Å²) in [5, 5.41) is 4.42. The van der Waals surface area contributed by atoms with Crippen LogP contribution < -0.4 is 10.6 Å². The predicted octanol–water partition coefficient (Wildman–Crippen LogP) is 2.53. The average molecular weight is 287 g/mol. The van der Waals surface area contributed by atoms with Gasteiger partial charge >= 0.3 is 0 Å². The summed E-state index contributed by atoms with van der Waals surface area (Å²) in [7, 11) is 0. The van der Waals surface area contributed by atoms with Gasteiger partial charge < -0.3 is 10.6 Å². The van der Waals surface area contributed by atoms with Crippen molar-refractivity contribution in [2.45, 2.75) is 51.5 Å². The third-order valence-electron chi connectivity index (χ3n) is 4.42. The van der Waals surface area contributed by atoms with Crippen LogP contribution in [-0.2, 0) is 0 Å². The lowest BCUT2D eigenvalue weighted by Crippen LogP contribution is -2.39. The van der Waals surface area contributed by atoms with Crippen molar-refractivity contribution in [1.29, 1.82) is 0 Å². The van der Waals surface area contributed by atoms with Crippen LogP contribution in [0.2, 0.25) is 0 Å². The Hall–Kier alpha value is -1.62. The fourth-order valence-electron chi connectivity index (χ4n) is 3.38. The van der Waals surface area contributed by atoms with E-state index in [4.69, 9.17) is 5.73 Å². The van der Waals surface area contributed by atoms with Gasteiger partial charge in [0.15, 0.2) is 5.65 Å². The van der Waals surface area contributed by atoms with E-state index in [9.17, 15) is 0 Å². The number of aromatic nitrogens is 3. The number of nitrogens with two attached hydrogens (primary N) is 1. The highest BCUT2D eigenvalue weighted by molar-refractivity contribution is 5.53. The van der Waals surface area contributed by atoms with Crippen LogP contribution in [0.1, 0.15) is 44.1 Å². The zero-order valence-electron chi connectivity index (χ0n) is 12.8. The van der Waals surface area contributed by atoms with Gasteiger partial charge in [0.25, 0.3) is 0 Å². The van der Waals surface area contributed by atoms with Crippen LogP contribution >= 0.6 is 0 Å². The zero-order chi connectivity index (χ0) is 14.7. The lowest BCUT2D eigenvalue weighted by atomic mass is 9.94. The summed E-state index contributed by atoms with van der Waals surface area (Å²) in [4.78, 5) is 6.86. The van der Waals surface area contributed by atoms with E-state index in [2.05, 4.69) is 34.0 Å². The SMILES string of the molecule is Cc1cc(N(CCCN)C2CCCCC2)n2ncnc2c1. The Labute approximate surface area is 126 Å². The van der Waals surface area contributed by atoms with E-state index < -0.39 is 0 Å². The molecule has 5 heteroatoms. The number of hydrogen-bond acceptors (Lipinski definition) is 4. The van der Waals surface area contributed by atoms with Crippen LogP contribution in [0.5, 0.6) is 0 Å². The van der Waals surface area contributed by atoms with Gasteiger partial charge in [0.1, 0.15) is 12.1 Å². The molecule has 5 nitrogen and oxygen atoms in total. The number of nitrogens with zero attached hydrogens (tertiary/aromatic N) is 4. The monoisotopic (exact) mass is 287 g/mol. The first-order valence-corrected chi connectivity index (χ1v) is 8.06. The molecule has 0 aromatic carbocycles. The lowest BCUT2D eigenvalue weighted by molar-refractivity contribution is 0.409. The molecule has 1 aliphatic rings. The summed E-state index contributed by atoms with van der Waals surface area (Å²) >= 11 is 0. The Morgan fingerprint density at radius 2 is 2.10 bits per heavy atom. The minimum atomic E-state index is 0.611. The van der Waals surface area contributed by atoms with E-state index in [1.54, 1.807) is 6.33 Å². The third kappa shape index (κ3) is 3.02. The molecule has 0 unspecified atom stereocenters. The molecule has 1 saturated carbocycles. The van der Waals surface area contributed by atoms with Crippen LogP contribution in [0.25, 0.3) is 5.65 Å². The van der Waals surface area contributed by atoms with E-state index in [0.717, 1.165) is 25.2 Å². The van der Waals surface area contributed by atoms with Crippen LogP contribution in [0, 0.1) is 6.92 Å². The smallest absolute Gasteiger partial charge is 0.157 e. The van der Waals surface area contributed by atoms with Crippen molar-refractivity contribution in [3.8, 4) is 0 Å². The Balaban J connectivity index is 1.98. The molecule has 2 N–H and O–H groups in total. The molecular weight excluding hydrogens is 262 g/mol. The van der Waals surface area contributed by atoms with Gasteiger partial charge in [0.05, 0.1) is 0 Å². The molecule has 0 radical (unpaired) electrons. The molecule has 0 bridgehead atoms. The van der Waals surface area contributed by atoms with E-state index in [0.29, 0.717) is 6.04 Å². The maximum Gasteiger partial charge on any atom is 0.157 e. The lowest BCUT2D eigenvalue weighted by Gasteiger charge is -2.36. The summed E-state index contributed by atoms with van der Waals surface area (Å²) in [6.07, 6.45) is 9.23. The minimum Gasteiger partial charge on any atom is -0.353 e. The second-order valence-electron chi connectivity index (χ2n) is 6.05. The van der Waals surface area contributed by atoms with Gasteiger partial charge in [-0.25, -0.2) is 4.98 Å². The normalized spacial score (nSPS) is 16.5. The molecule has 3 rings (SSSR count). The Kier molecular flexibility index (Phi) is 4.39. The van der Waals surface area contributed by atoms with Crippen LogP contribution in [-0.4, -0.2) is 33.7 Å². The van der Waals surface area contributed by atoms with Crippen molar-refractivity contribution in [3.63, 3.8) is 0 Å². The van der Waals surface area contributed by atoms with Crippen molar-refractivity contribution in [3.05, 3.63) is 24.0 Å². The van der Waals surface area contributed by atoms with Crippen molar-refractivity contribution in [1.82, 2.24) is 14.6 Å². The van der Waals surface area contributed by atoms with E-state index in [1.165, 1.54) is 43.5 Å². The molecule has 21 heavy (non-hydrogen) atoms. The Bertz CT molecular complexity index is 585. The first kappa shape index (κ1) is 14.3. The number of anilines is 1. The Morgan fingerprint density at radius 1 is 1.29 bits per heavy atom. The number of rotatable bonds is 5. The van der Waals surface area contributed by atoms with E-state index in [1.807, 2.05) is 4.52 Å². The zero-order valence-corrected chi connectivity index (χ0v) is 12.8. The molecule has 1 aliphatic carbocycles. The molecule has 2 aromatic rings. The molecule has 2 aromatic heterocycles. The van der Waals surface area contributed by atoms with Gasteiger partial charge in [-0.15, -0.1) is 0 Å². The minimum absolute atomic E-state index is 0.611. The van der Waals surface area contributed by atoms with Crippen molar-refractivity contribution in [2.75, 3.05) is 18.0 Å². The topological polar surface area (TPSA) is 59.5 Å². The first-order chi connectivity index (χ1) is 10.3. The maximum absolute atomic E-state index is 5.75. The van der Waals surface area contributed by atoms with Gasteiger partial charge in [-0.2, -0.15) is 9.61 Å². The highest BCUT2D eigenvalue weighted by atomic mass is 15.4. The summed E-state index contributed by atoms with van der Waals surface area (Å²) < 4.78 is 1.97. The molecule has 0 aliphatic heterocycles. The number of hydrogen-bond donors (Lipinski definition) is 1. The van der Waals surface area contributed by atoms with Crippen LogP contribution in [0.15, 0.2) is 18.5 Å². The quantitative estimate of drug-likeness (QED) is 0.918. The highest BCUT2D eigenvalue weighted by Gasteiger charge is 2.23. The number of aryl methyl sites for hydroxylation is 1. The van der Waals surface area contributed by atoms with Gasteiger partial charge in [-0.3, -0.25) is 0 Å². The van der Waals surface area contributed by atoms with Crippen molar-refractivity contribution < 1.29 is 0 Å². The molecule has 0 amide bonds. The van der Waals surface area contributed by atoms with E-state index in [-0.39, 0.29) is 0 Å². The second kappa shape index (κ2) is 6.43. The summed E-state index contributed by atoms with van der Waals surface area (Å²) in [5.41, 5.74) is 7.91. The molecule has 1 fully saturated rings. The van der Waals surface area contributed by atoms with Gasteiger partial charge in [0, 0.05) is 12.6 Å². The third-order valence-corrected chi connectivity index (χ3v) is 4.42. The second-order valence-corrected chi connectivity index (χ2v) is 6.05. The largest absolute Gasteiger partial charge is 0.353 e. The maximum atomic E-state index is 5.75. The fraction of sp³-hybridized carbons (Fsp3) is 0.625. The van der Waals surface area contributed by atoms with Crippen molar-refractivity contribution in [2.24, 2.45) is 5.73 Å². The molecule has 0 atom stereocenters. The summed E-state index contributed by atoms with van der Waals surface area (Å²) in [5.74, 6) is 1.17. The molecular formula is C16H25N5. The molecule has 0 saturated heterocycles. The predicted molar refractivity (Wildman–Crippen MR) is 85.6 cm³/mol. The number of fused-ring (bicyclic) bond motifs is 1. The Morgan fingerprint density at radius 3 is 2.86 bits per heavy atom. The summed E-state index contributed by atoms with van der Waals surface area (Å²) in [6.45, 7) is 3.86. The van der Waals surface area contributed by atoms with Gasteiger partial charge in [-0.1, -0.05) is 19.3 Å². The fourth-order valence-corrected chi connectivity index (χ4v) is 3.38.